The summed E-state index contributed by atoms with van der Waals surface area (Å²) >= 11 is 0. The van der Waals surface area contributed by atoms with E-state index in [0.29, 0.717) is 6.42 Å². The normalized spacial score (nSPS) is 47.0. The van der Waals surface area contributed by atoms with Gasteiger partial charge in [0.25, 0.3) is 6.08 Å². The van der Waals surface area contributed by atoms with Crippen molar-refractivity contribution in [2.75, 3.05) is 0 Å². The quantitative estimate of drug-likeness (QED) is 0.712. The summed E-state index contributed by atoms with van der Waals surface area (Å²) in [5.41, 5.74) is 0.484. The molecular formula is C20H24F2O2. The van der Waals surface area contributed by atoms with Crippen molar-refractivity contribution in [1.82, 2.24) is 0 Å². The number of rotatable bonds is 0. The molecule has 2 nitrogen and oxygen atoms in total. The van der Waals surface area contributed by atoms with Crippen molar-refractivity contribution in [3.63, 3.8) is 0 Å². The monoisotopic (exact) mass is 334 g/mol. The second-order valence-electron chi connectivity index (χ2n) is 8.53. The summed E-state index contributed by atoms with van der Waals surface area (Å²) in [5, 5.41) is 10.5. The maximum Gasteiger partial charge on any atom is 0.270 e. The van der Waals surface area contributed by atoms with E-state index in [0.717, 1.165) is 24.8 Å². The van der Waals surface area contributed by atoms with Crippen LogP contribution in [-0.4, -0.2) is 17.0 Å². The zero-order valence-corrected chi connectivity index (χ0v) is 14.2. The predicted octanol–water partition coefficient (Wildman–Crippen LogP) is 4.42. The molecule has 0 saturated heterocycles. The van der Waals surface area contributed by atoms with Gasteiger partial charge >= 0.3 is 0 Å². The molecule has 0 heterocycles. The van der Waals surface area contributed by atoms with Crippen LogP contribution in [0.5, 0.6) is 0 Å². The molecule has 4 aliphatic carbocycles. The molecule has 24 heavy (non-hydrogen) atoms. The van der Waals surface area contributed by atoms with E-state index in [-0.39, 0.29) is 52.5 Å². The SMILES string of the molecule is C[C@]12CC[C@H]3[C@@H](C(=C(F)F)CC4=CC(=O)C=C[C@@]43C)[C@@H]1CC[C@H]2O. The Morgan fingerprint density at radius 1 is 1.21 bits per heavy atom. The molecule has 1 N–H and O–H groups in total. The lowest BCUT2D eigenvalue weighted by molar-refractivity contribution is -0.111. The molecule has 4 heteroatoms. The highest BCUT2D eigenvalue weighted by molar-refractivity contribution is 6.01. The second kappa shape index (κ2) is 5.10. The average Bonchev–Trinajstić information content (AvgIpc) is 2.83. The topological polar surface area (TPSA) is 37.3 Å². The first kappa shape index (κ1) is 16.2. The highest BCUT2D eigenvalue weighted by atomic mass is 19.3. The zero-order valence-electron chi connectivity index (χ0n) is 14.2. The number of fused-ring (bicyclic) bond motifs is 5. The summed E-state index contributed by atoms with van der Waals surface area (Å²) in [6.45, 7) is 4.17. The van der Waals surface area contributed by atoms with Crippen LogP contribution in [0, 0.1) is 28.6 Å². The lowest BCUT2D eigenvalue weighted by Gasteiger charge is -2.57. The van der Waals surface area contributed by atoms with E-state index in [1.165, 1.54) is 0 Å². The van der Waals surface area contributed by atoms with Crippen LogP contribution < -0.4 is 0 Å². The van der Waals surface area contributed by atoms with Gasteiger partial charge in [0.15, 0.2) is 5.78 Å². The van der Waals surface area contributed by atoms with Crippen LogP contribution in [0.1, 0.15) is 46.0 Å². The summed E-state index contributed by atoms with van der Waals surface area (Å²) in [6.07, 6.45) is 6.54. The molecule has 0 unspecified atom stereocenters. The Hall–Kier alpha value is -1.29. The third-order valence-electron chi connectivity index (χ3n) is 7.62. The van der Waals surface area contributed by atoms with Gasteiger partial charge in [-0.25, -0.2) is 0 Å². The van der Waals surface area contributed by atoms with Crippen molar-refractivity contribution in [1.29, 1.82) is 0 Å². The van der Waals surface area contributed by atoms with Crippen molar-refractivity contribution >= 4 is 5.78 Å². The van der Waals surface area contributed by atoms with Crippen LogP contribution in [0.4, 0.5) is 8.78 Å². The Morgan fingerprint density at radius 2 is 1.96 bits per heavy atom. The summed E-state index contributed by atoms with van der Waals surface area (Å²) in [5.74, 6) is -0.101. The van der Waals surface area contributed by atoms with Gasteiger partial charge in [0.2, 0.25) is 0 Å². The number of halogens is 2. The molecule has 4 rings (SSSR count). The van der Waals surface area contributed by atoms with E-state index >= 15 is 0 Å². The summed E-state index contributed by atoms with van der Waals surface area (Å²) in [4.78, 5) is 11.8. The number of ketones is 1. The molecule has 0 aliphatic heterocycles. The highest BCUT2D eigenvalue weighted by Crippen LogP contribution is 2.66. The van der Waals surface area contributed by atoms with Crippen LogP contribution in [0.2, 0.25) is 0 Å². The van der Waals surface area contributed by atoms with Crippen LogP contribution in [0.3, 0.4) is 0 Å². The molecule has 3 fully saturated rings. The summed E-state index contributed by atoms with van der Waals surface area (Å²) in [6, 6.07) is 0. The maximum atomic E-state index is 13.8. The van der Waals surface area contributed by atoms with Gasteiger partial charge in [0.1, 0.15) is 0 Å². The van der Waals surface area contributed by atoms with E-state index in [9.17, 15) is 18.7 Å². The number of carbonyl (C=O) groups excluding carboxylic acids is 1. The Bertz CT molecular complexity index is 688. The van der Waals surface area contributed by atoms with E-state index in [2.05, 4.69) is 13.8 Å². The standard InChI is InChI=1S/C20H24F2O2/c1-19-7-5-12(23)9-11(19)10-13(18(21)22)17-14-3-4-16(24)20(14,2)8-6-15(17)19/h5,7,9,14-17,24H,3-4,6,8,10H2,1-2H3/t14-,15-,16+,17-,19-,20-/m0/s1. The molecule has 3 saturated carbocycles. The fraction of sp³-hybridized carbons (Fsp3) is 0.650. The maximum absolute atomic E-state index is 13.8. The van der Waals surface area contributed by atoms with E-state index in [1.54, 1.807) is 12.2 Å². The largest absolute Gasteiger partial charge is 0.393 e. The minimum absolute atomic E-state index is 0.0849. The van der Waals surface area contributed by atoms with Crippen molar-refractivity contribution in [3.05, 3.63) is 35.5 Å². The Balaban J connectivity index is 1.84. The lowest BCUT2D eigenvalue weighted by Crippen LogP contribution is -2.51. The van der Waals surface area contributed by atoms with Gasteiger partial charge in [-0.3, -0.25) is 4.79 Å². The van der Waals surface area contributed by atoms with Gasteiger partial charge in [0.05, 0.1) is 6.10 Å². The molecule has 0 bridgehead atoms. The zero-order chi connectivity index (χ0) is 17.3. The van der Waals surface area contributed by atoms with Gasteiger partial charge in [-0.2, -0.15) is 8.78 Å². The fourth-order valence-corrected chi connectivity index (χ4v) is 6.13. The number of hydrogen-bond acceptors (Lipinski definition) is 2. The third-order valence-corrected chi connectivity index (χ3v) is 7.62. The lowest BCUT2D eigenvalue weighted by atomic mass is 9.47. The Morgan fingerprint density at radius 3 is 2.67 bits per heavy atom. The van der Waals surface area contributed by atoms with Gasteiger partial charge in [0, 0.05) is 11.0 Å². The minimum atomic E-state index is -1.58. The predicted molar refractivity (Wildman–Crippen MR) is 87.2 cm³/mol. The Kier molecular flexibility index (Phi) is 3.44. The number of aliphatic hydroxyl groups excluding tert-OH is 1. The van der Waals surface area contributed by atoms with Crippen molar-refractivity contribution in [3.8, 4) is 0 Å². The number of allylic oxidation sites excluding steroid dienone is 5. The first-order valence-corrected chi connectivity index (χ1v) is 8.94. The number of aliphatic hydroxyl groups is 1. The molecule has 0 radical (unpaired) electrons. The molecule has 0 amide bonds. The fourth-order valence-electron chi connectivity index (χ4n) is 6.13. The third kappa shape index (κ3) is 1.98. The van der Waals surface area contributed by atoms with Gasteiger partial charge in [-0.1, -0.05) is 25.5 Å². The molecule has 130 valence electrons. The first-order valence-electron chi connectivity index (χ1n) is 8.94. The van der Waals surface area contributed by atoms with Crippen molar-refractivity contribution in [2.24, 2.45) is 28.6 Å². The molecule has 0 spiro atoms. The molecular weight excluding hydrogens is 310 g/mol. The molecule has 4 aliphatic rings. The van der Waals surface area contributed by atoms with E-state index in [4.69, 9.17) is 0 Å². The van der Waals surface area contributed by atoms with Crippen LogP contribution in [0.15, 0.2) is 35.5 Å². The summed E-state index contributed by atoms with van der Waals surface area (Å²) in [7, 11) is 0. The second-order valence-corrected chi connectivity index (χ2v) is 8.53. The highest BCUT2D eigenvalue weighted by Gasteiger charge is 2.60. The van der Waals surface area contributed by atoms with Crippen LogP contribution >= 0.6 is 0 Å². The Labute approximate surface area is 141 Å². The van der Waals surface area contributed by atoms with Gasteiger partial charge in [-0.15, -0.1) is 0 Å². The molecule has 0 aromatic heterocycles. The number of carbonyl (C=O) groups is 1. The smallest absolute Gasteiger partial charge is 0.270 e. The van der Waals surface area contributed by atoms with E-state index < -0.39 is 6.08 Å². The van der Waals surface area contributed by atoms with Crippen molar-refractivity contribution in [2.45, 2.75) is 52.1 Å². The summed E-state index contributed by atoms with van der Waals surface area (Å²) < 4.78 is 27.7. The number of hydrogen-bond donors (Lipinski definition) is 1. The van der Waals surface area contributed by atoms with Crippen LogP contribution in [-0.2, 0) is 4.79 Å². The van der Waals surface area contributed by atoms with Crippen molar-refractivity contribution < 1.29 is 18.7 Å². The molecule has 0 aromatic carbocycles. The molecule has 6 atom stereocenters. The van der Waals surface area contributed by atoms with E-state index in [1.807, 2.05) is 6.08 Å². The van der Waals surface area contributed by atoms with Gasteiger partial charge in [-0.05, 0) is 67.4 Å². The minimum Gasteiger partial charge on any atom is -0.393 e. The van der Waals surface area contributed by atoms with Crippen LogP contribution in [0.25, 0.3) is 0 Å². The average molecular weight is 334 g/mol. The molecule has 0 aromatic rings. The van der Waals surface area contributed by atoms with Gasteiger partial charge < -0.3 is 5.11 Å². The first-order chi connectivity index (χ1) is 11.3.